The van der Waals surface area contributed by atoms with Crippen LogP contribution in [0.25, 0.3) is 5.69 Å². The molecule has 1 aromatic carbocycles. The number of carbonyl (C=O) groups excluding carboxylic acids is 1. The molecule has 1 aromatic heterocycles. The Hall–Kier alpha value is -2.83. The molecule has 2 rings (SSSR count). The first kappa shape index (κ1) is 18.5. The first-order chi connectivity index (χ1) is 11.9. The molecular weight excluding hydrogens is 322 g/mol. The second-order valence-electron chi connectivity index (χ2n) is 5.88. The molecule has 0 aliphatic carbocycles. The van der Waals surface area contributed by atoms with Crippen molar-refractivity contribution in [3.05, 3.63) is 63.5 Å². The normalized spacial score (nSPS) is 13.2. The molecule has 0 amide bonds. The fourth-order valence-electron chi connectivity index (χ4n) is 2.68. The molecule has 0 unspecified atom stereocenters. The summed E-state index contributed by atoms with van der Waals surface area (Å²) in [6.07, 6.45) is 0.884. The smallest absolute Gasteiger partial charge is 0.352 e. The number of esters is 1. The van der Waals surface area contributed by atoms with Gasteiger partial charge >= 0.3 is 17.3 Å². The van der Waals surface area contributed by atoms with Gasteiger partial charge in [-0.25, -0.2) is 23.9 Å². The van der Waals surface area contributed by atoms with Crippen molar-refractivity contribution >= 4 is 5.97 Å². The van der Waals surface area contributed by atoms with Gasteiger partial charge in [0.2, 0.25) is 0 Å². The highest BCUT2D eigenvalue weighted by molar-refractivity contribution is 5.66. The van der Waals surface area contributed by atoms with E-state index in [2.05, 4.69) is 11.7 Å². The van der Waals surface area contributed by atoms with Crippen LogP contribution in [0.15, 0.2) is 52.1 Å². The van der Waals surface area contributed by atoms with Crippen LogP contribution in [-0.2, 0) is 9.53 Å². The van der Waals surface area contributed by atoms with Crippen LogP contribution in [0.3, 0.4) is 0 Å². The van der Waals surface area contributed by atoms with E-state index in [1.807, 2.05) is 6.92 Å². The maximum atomic E-state index is 12.7. The molecule has 0 fully saturated rings. The summed E-state index contributed by atoms with van der Waals surface area (Å²) in [6.45, 7) is 9.03. The first-order valence-electron chi connectivity index (χ1n) is 8.21. The lowest BCUT2D eigenvalue weighted by Crippen LogP contribution is -2.31. The maximum absolute atomic E-state index is 12.7. The number of hydrogen-bond donors (Lipinski definition) is 1. The molecule has 2 atom stereocenters. The second-order valence-corrected chi connectivity index (χ2v) is 5.88. The summed E-state index contributed by atoms with van der Waals surface area (Å²) in [5, 5.41) is 2.55. The molecule has 7 nitrogen and oxygen atoms in total. The largest absolute Gasteiger partial charge is 0.458 e. The number of ether oxygens (including phenoxy) is 1. The Balaban J connectivity index is 2.38. The Morgan fingerprint density at radius 3 is 2.48 bits per heavy atom. The molecule has 0 aliphatic heterocycles. The van der Waals surface area contributed by atoms with E-state index in [9.17, 15) is 14.4 Å². The predicted molar refractivity (Wildman–Crippen MR) is 95.0 cm³/mol. The number of para-hydroxylation sites is 1. The molecule has 1 N–H and O–H groups in total. The molecule has 0 radical (unpaired) electrons. The average Bonchev–Trinajstić information content (AvgIpc) is 2.88. The number of aromatic amines is 1. The highest BCUT2D eigenvalue weighted by atomic mass is 16.5. The SMILES string of the molecule is C=C([C@H](CCC)OC(C)=O)[C@H](C)n1[nH]c(=O)n(-c2ccccc2)c1=O. The van der Waals surface area contributed by atoms with Gasteiger partial charge in [0.1, 0.15) is 6.10 Å². The number of nitrogens with zero attached hydrogens (tertiary/aromatic N) is 2. The number of benzene rings is 1. The van der Waals surface area contributed by atoms with E-state index >= 15 is 0 Å². The van der Waals surface area contributed by atoms with E-state index in [0.717, 1.165) is 11.0 Å². The number of hydrogen-bond acceptors (Lipinski definition) is 4. The van der Waals surface area contributed by atoms with E-state index in [-0.39, 0.29) is 0 Å². The molecular formula is C18H23N3O4. The van der Waals surface area contributed by atoms with Gasteiger partial charge in [-0.2, -0.15) is 0 Å². The van der Waals surface area contributed by atoms with Crippen molar-refractivity contribution in [2.75, 3.05) is 0 Å². The fraction of sp³-hybridized carbons (Fsp3) is 0.389. The van der Waals surface area contributed by atoms with Crippen LogP contribution < -0.4 is 11.4 Å². The zero-order valence-electron chi connectivity index (χ0n) is 14.7. The lowest BCUT2D eigenvalue weighted by atomic mass is 10.0. The molecule has 0 spiro atoms. The first-order valence-corrected chi connectivity index (χ1v) is 8.21. The highest BCUT2D eigenvalue weighted by Gasteiger charge is 2.24. The summed E-state index contributed by atoms with van der Waals surface area (Å²) in [5.74, 6) is -0.408. The standard InChI is InChI=1S/C18H23N3O4/c1-5-9-16(25-14(4)22)12(2)13(3)21-18(24)20(17(23)19-21)15-10-7-6-8-11-15/h6-8,10-11,13,16H,2,5,9H2,1,3-4H3,(H,19,23)/t13-,16-/m0/s1. The molecule has 25 heavy (non-hydrogen) atoms. The molecule has 0 bridgehead atoms. The van der Waals surface area contributed by atoms with Gasteiger partial charge in [0.15, 0.2) is 0 Å². The zero-order chi connectivity index (χ0) is 18.6. The second kappa shape index (κ2) is 7.83. The zero-order valence-corrected chi connectivity index (χ0v) is 14.7. The minimum absolute atomic E-state index is 0.408. The van der Waals surface area contributed by atoms with Gasteiger partial charge in [-0.15, -0.1) is 0 Å². The Bertz CT molecular complexity index is 860. The van der Waals surface area contributed by atoms with Crippen molar-refractivity contribution in [3.63, 3.8) is 0 Å². The Morgan fingerprint density at radius 1 is 1.28 bits per heavy atom. The van der Waals surface area contributed by atoms with Gasteiger partial charge in [0, 0.05) is 6.92 Å². The lowest BCUT2D eigenvalue weighted by molar-refractivity contribution is -0.145. The lowest BCUT2D eigenvalue weighted by Gasteiger charge is -2.23. The van der Waals surface area contributed by atoms with Crippen LogP contribution in [-0.4, -0.2) is 26.4 Å². The third kappa shape index (κ3) is 3.99. The van der Waals surface area contributed by atoms with E-state index < -0.39 is 29.5 Å². The van der Waals surface area contributed by atoms with Crippen LogP contribution in [0, 0.1) is 0 Å². The average molecular weight is 345 g/mol. The van der Waals surface area contributed by atoms with Crippen LogP contribution >= 0.6 is 0 Å². The van der Waals surface area contributed by atoms with E-state index in [1.54, 1.807) is 37.3 Å². The molecule has 0 saturated carbocycles. The number of rotatable bonds is 7. The molecule has 7 heteroatoms. The minimum atomic E-state index is -0.532. The van der Waals surface area contributed by atoms with Crippen molar-refractivity contribution in [3.8, 4) is 5.69 Å². The van der Waals surface area contributed by atoms with Crippen LogP contribution in [0.2, 0.25) is 0 Å². The molecule has 134 valence electrons. The molecule has 2 aromatic rings. The van der Waals surface area contributed by atoms with Crippen molar-refractivity contribution in [2.45, 2.75) is 45.8 Å². The van der Waals surface area contributed by atoms with Gasteiger partial charge in [0.05, 0.1) is 11.7 Å². The Kier molecular flexibility index (Phi) is 5.80. The molecule has 1 heterocycles. The summed E-state index contributed by atoms with van der Waals surface area (Å²) in [5.41, 5.74) is 0.00863. The number of H-pyrrole nitrogens is 1. The summed E-state index contributed by atoms with van der Waals surface area (Å²) in [6, 6.07) is 8.13. The van der Waals surface area contributed by atoms with Crippen molar-refractivity contribution in [1.82, 2.24) is 14.3 Å². The fourth-order valence-corrected chi connectivity index (χ4v) is 2.68. The number of aromatic nitrogens is 3. The van der Waals surface area contributed by atoms with Crippen LogP contribution in [0.5, 0.6) is 0 Å². The summed E-state index contributed by atoms with van der Waals surface area (Å²) >= 11 is 0. The quantitative estimate of drug-likeness (QED) is 0.615. The van der Waals surface area contributed by atoms with Gasteiger partial charge < -0.3 is 4.74 Å². The third-order valence-corrected chi connectivity index (χ3v) is 4.03. The van der Waals surface area contributed by atoms with Crippen molar-refractivity contribution in [1.29, 1.82) is 0 Å². The Morgan fingerprint density at radius 2 is 1.92 bits per heavy atom. The van der Waals surface area contributed by atoms with Gasteiger partial charge in [0.25, 0.3) is 0 Å². The maximum Gasteiger partial charge on any atom is 0.352 e. The van der Waals surface area contributed by atoms with Crippen LogP contribution in [0.4, 0.5) is 0 Å². The summed E-state index contributed by atoms with van der Waals surface area (Å²) in [7, 11) is 0. The summed E-state index contributed by atoms with van der Waals surface area (Å²) in [4.78, 5) is 36.2. The summed E-state index contributed by atoms with van der Waals surface area (Å²) < 4.78 is 7.58. The number of carbonyl (C=O) groups is 1. The predicted octanol–water partition coefficient (Wildman–Crippen LogP) is 2.18. The topological polar surface area (TPSA) is 86.1 Å². The van der Waals surface area contributed by atoms with Gasteiger partial charge in [-0.3, -0.25) is 4.79 Å². The molecule has 0 saturated heterocycles. The molecule has 0 aliphatic rings. The van der Waals surface area contributed by atoms with E-state index in [1.165, 1.54) is 11.6 Å². The van der Waals surface area contributed by atoms with Gasteiger partial charge in [-0.1, -0.05) is 38.1 Å². The van der Waals surface area contributed by atoms with Crippen molar-refractivity contribution in [2.24, 2.45) is 0 Å². The number of nitrogens with one attached hydrogen (secondary N) is 1. The highest BCUT2D eigenvalue weighted by Crippen LogP contribution is 2.22. The monoisotopic (exact) mass is 345 g/mol. The third-order valence-electron chi connectivity index (χ3n) is 4.03. The van der Waals surface area contributed by atoms with Crippen molar-refractivity contribution < 1.29 is 9.53 Å². The van der Waals surface area contributed by atoms with Gasteiger partial charge in [-0.05, 0) is 31.1 Å². The Labute approximate surface area is 145 Å². The van der Waals surface area contributed by atoms with E-state index in [4.69, 9.17) is 4.74 Å². The van der Waals surface area contributed by atoms with E-state index in [0.29, 0.717) is 17.7 Å². The minimum Gasteiger partial charge on any atom is -0.458 e. The van der Waals surface area contributed by atoms with Crippen LogP contribution in [0.1, 0.15) is 39.7 Å².